The second-order valence-electron chi connectivity index (χ2n) is 10.3. The largest absolute Gasteiger partial charge is 0.306 e. The molecule has 0 atom stereocenters. The van der Waals surface area contributed by atoms with E-state index >= 15 is 0 Å². The number of carbonyl (C=O) groups is 1. The predicted molar refractivity (Wildman–Crippen MR) is 132 cm³/mol. The van der Waals surface area contributed by atoms with Gasteiger partial charge in [0.25, 0.3) is 5.91 Å². The van der Waals surface area contributed by atoms with Gasteiger partial charge in [0.15, 0.2) is 5.82 Å². The molecule has 182 valence electrons. The molecule has 4 heterocycles. The van der Waals surface area contributed by atoms with Crippen LogP contribution in [0, 0.1) is 12.7 Å². The third-order valence-electron chi connectivity index (χ3n) is 7.93. The Labute approximate surface area is 207 Å². The van der Waals surface area contributed by atoms with Crippen molar-refractivity contribution in [2.24, 2.45) is 0 Å². The maximum absolute atomic E-state index is 14.9. The molecule has 4 aromatic rings. The molecule has 3 aromatic heterocycles. The van der Waals surface area contributed by atoms with Crippen LogP contribution in [-0.2, 0) is 12.0 Å². The number of carbonyl (C=O) groups excluding carboxylic acids is 1. The van der Waals surface area contributed by atoms with E-state index in [0.717, 1.165) is 67.1 Å². The number of fused-ring (bicyclic) bond motifs is 2. The van der Waals surface area contributed by atoms with Crippen LogP contribution in [0.3, 0.4) is 0 Å². The highest BCUT2D eigenvalue weighted by Gasteiger charge is 2.46. The summed E-state index contributed by atoms with van der Waals surface area (Å²) in [6.45, 7) is 1.83. The highest BCUT2D eigenvalue weighted by Crippen LogP contribution is 2.49. The van der Waals surface area contributed by atoms with Crippen LogP contribution in [0.1, 0.15) is 71.9 Å². The van der Waals surface area contributed by atoms with Gasteiger partial charge in [0, 0.05) is 24.1 Å². The van der Waals surface area contributed by atoms with E-state index in [1.54, 1.807) is 18.5 Å². The van der Waals surface area contributed by atoms with Crippen LogP contribution in [0.4, 0.5) is 10.2 Å². The van der Waals surface area contributed by atoms with Crippen molar-refractivity contribution in [2.45, 2.75) is 63.3 Å². The van der Waals surface area contributed by atoms with E-state index in [4.69, 9.17) is 0 Å². The Balaban J connectivity index is 1.17. The van der Waals surface area contributed by atoms with Crippen molar-refractivity contribution in [3.63, 3.8) is 0 Å². The molecule has 36 heavy (non-hydrogen) atoms. The van der Waals surface area contributed by atoms with Gasteiger partial charge in [-0.15, -0.1) is 10.2 Å². The minimum absolute atomic E-state index is 0.0405. The van der Waals surface area contributed by atoms with Crippen LogP contribution in [-0.4, -0.2) is 35.2 Å². The average molecular weight is 484 g/mol. The molecule has 7 rings (SSSR count). The van der Waals surface area contributed by atoms with Gasteiger partial charge < -0.3 is 14.5 Å². The first kappa shape index (κ1) is 21.4. The van der Waals surface area contributed by atoms with Crippen molar-refractivity contribution in [1.29, 1.82) is 0 Å². The molecule has 9 heteroatoms. The molecule has 1 aromatic carbocycles. The summed E-state index contributed by atoms with van der Waals surface area (Å²) in [6.07, 6.45) is 11.5. The first-order valence-electron chi connectivity index (χ1n) is 12.6. The number of anilines is 1. The highest BCUT2D eigenvalue weighted by atomic mass is 19.1. The molecule has 1 spiro atoms. The van der Waals surface area contributed by atoms with E-state index in [-0.39, 0.29) is 11.1 Å². The van der Waals surface area contributed by atoms with Crippen molar-refractivity contribution in [1.82, 2.24) is 29.3 Å². The molecule has 1 N–H and O–H groups in total. The standard InChI is InChI=1S/C27H26FN7O/c1-16-12-19(28)18(13-22(16)34-14-21(29-15-34)17-6-7-17)26(36)31-23-5-2-4-20(30-23)25-33-32-24-8-11-27(35(24)25)9-3-10-27/h2,4-5,12-15,17H,3,6-11H2,1H3,(H,30,31,36). The van der Waals surface area contributed by atoms with E-state index in [1.807, 2.05) is 29.8 Å². The van der Waals surface area contributed by atoms with Gasteiger partial charge in [0.1, 0.15) is 23.2 Å². The molecule has 2 fully saturated rings. The van der Waals surface area contributed by atoms with Gasteiger partial charge in [-0.25, -0.2) is 14.4 Å². The third kappa shape index (κ3) is 3.37. The Hall–Kier alpha value is -3.88. The molecule has 0 saturated heterocycles. The fraction of sp³-hybridized carbons (Fsp3) is 0.370. The Kier molecular flexibility index (Phi) is 4.64. The topological polar surface area (TPSA) is 90.5 Å². The lowest BCUT2D eigenvalue weighted by Crippen LogP contribution is -2.38. The summed E-state index contributed by atoms with van der Waals surface area (Å²) in [5.74, 6) is 1.46. The molecule has 0 bridgehead atoms. The van der Waals surface area contributed by atoms with E-state index in [2.05, 4.69) is 30.0 Å². The molecule has 1 aliphatic heterocycles. The van der Waals surface area contributed by atoms with E-state index in [0.29, 0.717) is 17.4 Å². The van der Waals surface area contributed by atoms with Gasteiger partial charge in [0.05, 0.1) is 23.3 Å². The number of benzene rings is 1. The van der Waals surface area contributed by atoms with Crippen LogP contribution in [0.25, 0.3) is 17.2 Å². The fourth-order valence-corrected chi connectivity index (χ4v) is 5.64. The molecule has 0 radical (unpaired) electrons. The van der Waals surface area contributed by atoms with Crippen LogP contribution >= 0.6 is 0 Å². The first-order valence-corrected chi connectivity index (χ1v) is 12.6. The zero-order chi connectivity index (χ0) is 24.4. The first-order chi connectivity index (χ1) is 17.5. The number of halogens is 1. The number of aryl methyl sites for hydroxylation is 2. The average Bonchev–Trinajstić information content (AvgIpc) is 3.25. The third-order valence-corrected chi connectivity index (χ3v) is 7.93. The van der Waals surface area contributed by atoms with Gasteiger partial charge in [0.2, 0.25) is 0 Å². The van der Waals surface area contributed by atoms with Crippen LogP contribution in [0.15, 0.2) is 42.9 Å². The van der Waals surface area contributed by atoms with Gasteiger partial charge in [-0.2, -0.15) is 0 Å². The number of rotatable bonds is 5. The zero-order valence-electron chi connectivity index (χ0n) is 20.0. The summed E-state index contributed by atoms with van der Waals surface area (Å²) in [4.78, 5) is 22.3. The molecule has 1 amide bonds. The normalized spacial score (nSPS) is 17.7. The number of nitrogens with zero attached hydrogens (tertiary/aromatic N) is 6. The second kappa shape index (κ2) is 7.81. The number of nitrogens with one attached hydrogen (secondary N) is 1. The Morgan fingerprint density at radius 1 is 1.17 bits per heavy atom. The SMILES string of the molecule is Cc1cc(F)c(C(=O)Nc2cccc(-c3nnc4n3C3(CCC3)CC4)n2)cc1-n1cnc(C2CC2)c1. The monoisotopic (exact) mass is 483 g/mol. The quantitative estimate of drug-likeness (QED) is 0.435. The van der Waals surface area contributed by atoms with Gasteiger partial charge in [-0.3, -0.25) is 4.79 Å². The number of imidazole rings is 1. The Morgan fingerprint density at radius 2 is 2.03 bits per heavy atom. The number of hydrogen-bond donors (Lipinski definition) is 1. The Morgan fingerprint density at radius 3 is 2.81 bits per heavy atom. The van der Waals surface area contributed by atoms with Gasteiger partial charge in [-0.1, -0.05) is 6.07 Å². The summed E-state index contributed by atoms with van der Waals surface area (Å²) in [6, 6.07) is 8.37. The molecule has 3 aliphatic rings. The van der Waals surface area contributed by atoms with Crippen LogP contribution in [0.5, 0.6) is 0 Å². The van der Waals surface area contributed by atoms with Crippen molar-refractivity contribution in [3.8, 4) is 17.2 Å². The molecule has 8 nitrogen and oxygen atoms in total. The minimum Gasteiger partial charge on any atom is -0.306 e. The number of aromatic nitrogens is 6. The lowest BCUT2D eigenvalue weighted by molar-refractivity contribution is 0.102. The summed E-state index contributed by atoms with van der Waals surface area (Å²) < 4.78 is 19.0. The molecule has 2 aliphatic carbocycles. The predicted octanol–water partition coefficient (Wildman–Crippen LogP) is 4.93. The minimum atomic E-state index is -0.574. The van der Waals surface area contributed by atoms with Gasteiger partial charge in [-0.05, 0) is 75.3 Å². The van der Waals surface area contributed by atoms with Crippen LogP contribution < -0.4 is 5.32 Å². The van der Waals surface area contributed by atoms with E-state index in [1.165, 1.54) is 12.5 Å². The number of amides is 1. The number of pyridine rings is 1. The molecular weight excluding hydrogens is 457 g/mol. The van der Waals surface area contributed by atoms with Gasteiger partial charge >= 0.3 is 0 Å². The molecular formula is C27H26FN7O. The molecule has 2 saturated carbocycles. The summed E-state index contributed by atoms with van der Waals surface area (Å²) in [7, 11) is 0. The van der Waals surface area contributed by atoms with E-state index < -0.39 is 11.7 Å². The lowest BCUT2D eigenvalue weighted by atomic mass is 9.75. The Bertz CT molecular complexity index is 1510. The summed E-state index contributed by atoms with van der Waals surface area (Å²) in [5, 5.41) is 11.6. The fourth-order valence-electron chi connectivity index (χ4n) is 5.64. The lowest BCUT2D eigenvalue weighted by Gasteiger charge is -2.40. The smallest absolute Gasteiger partial charge is 0.259 e. The second-order valence-corrected chi connectivity index (χ2v) is 10.3. The van der Waals surface area contributed by atoms with Crippen LogP contribution in [0.2, 0.25) is 0 Å². The van der Waals surface area contributed by atoms with Crippen molar-refractivity contribution in [3.05, 3.63) is 71.3 Å². The zero-order valence-corrected chi connectivity index (χ0v) is 20.0. The molecule has 0 unspecified atom stereocenters. The summed E-state index contributed by atoms with van der Waals surface area (Å²) in [5.41, 5.74) is 3.22. The van der Waals surface area contributed by atoms with Crippen molar-refractivity contribution in [2.75, 3.05) is 5.32 Å². The summed E-state index contributed by atoms with van der Waals surface area (Å²) >= 11 is 0. The highest BCUT2D eigenvalue weighted by molar-refractivity contribution is 6.04. The van der Waals surface area contributed by atoms with E-state index in [9.17, 15) is 9.18 Å². The maximum atomic E-state index is 14.9. The maximum Gasteiger partial charge on any atom is 0.259 e. The number of hydrogen-bond acceptors (Lipinski definition) is 5. The van der Waals surface area contributed by atoms with Crippen molar-refractivity contribution < 1.29 is 9.18 Å². The van der Waals surface area contributed by atoms with Crippen molar-refractivity contribution >= 4 is 11.7 Å².